The minimum atomic E-state index is 0.232. The van der Waals surface area contributed by atoms with Gasteiger partial charge in [-0.1, -0.05) is 26.8 Å². The zero-order valence-corrected chi connectivity index (χ0v) is 11.5. The molecule has 2 aromatic rings. The van der Waals surface area contributed by atoms with Gasteiger partial charge in [0.05, 0.1) is 17.4 Å². The third-order valence-electron chi connectivity index (χ3n) is 3.80. The average molecular weight is 230 g/mol. The first-order chi connectivity index (χ1) is 7.95. The summed E-state index contributed by atoms with van der Waals surface area (Å²) >= 11 is 0. The van der Waals surface area contributed by atoms with E-state index in [0.717, 1.165) is 11.9 Å². The van der Waals surface area contributed by atoms with Crippen LogP contribution in [0.15, 0.2) is 24.5 Å². The van der Waals surface area contributed by atoms with Crippen molar-refractivity contribution >= 4 is 11.0 Å². The molecule has 2 rings (SSSR count). The van der Waals surface area contributed by atoms with E-state index in [4.69, 9.17) is 0 Å². The molecule has 0 aliphatic rings. The molecule has 0 amide bonds. The topological polar surface area (TPSA) is 17.8 Å². The summed E-state index contributed by atoms with van der Waals surface area (Å²) in [4.78, 5) is 4.51. The van der Waals surface area contributed by atoms with Crippen LogP contribution in [0.25, 0.3) is 11.0 Å². The smallest absolute Gasteiger partial charge is 0.0960 e. The molecule has 0 saturated heterocycles. The SMILES string of the molecule is CCC(C)(C)c1ccc2c(c1)ncn2C(C)C. The molecule has 0 aliphatic heterocycles. The Morgan fingerprint density at radius 3 is 2.59 bits per heavy atom. The molecule has 0 radical (unpaired) electrons. The van der Waals surface area contributed by atoms with Crippen molar-refractivity contribution in [1.82, 2.24) is 9.55 Å². The fraction of sp³-hybridized carbons (Fsp3) is 0.533. The second-order valence-electron chi connectivity index (χ2n) is 5.69. The summed E-state index contributed by atoms with van der Waals surface area (Å²) in [6.07, 6.45) is 3.08. The number of fused-ring (bicyclic) bond motifs is 1. The van der Waals surface area contributed by atoms with Crippen molar-refractivity contribution in [2.75, 3.05) is 0 Å². The minimum absolute atomic E-state index is 0.232. The Morgan fingerprint density at radius 2 is 2.00 bits per heavy atom. The normalized spacial score (nSPS) is 12.6. The van der Waals surface area contributed by atoms with Gasteiger partial charge in [-0.3, -0.25) is 0 Å². The molecule has 0 N–H and O–H groups in total. The van der Waals surface area contributed by atoms with Crippen molar-refractivity contribution in [1.29, 1.82) is 0 Å². The molecular formula is C15H22N2. The van der Waals surface area contributed by atoms with Crippen LogP contribution in [0.1, 0.15) is 52.6 Å². The molecule has 1 heterocycles. The van der Waals surface area contributed by atoms with Crippen molar-refractivity contribution in [3.05, 3.63) is 30.1 Å². The van der Waals surface area contributed by atoms with Crippen LogP contribution >= 0.6 is 0 Å². The number of rotatable bonds is 3. The average Bonchev–Trinajstić information content (AvgIpc) is 2.71. The van der Waals surface area contributed by atoms with E-state index in [9.17, 15) is 0 Å². The fourth-order valence-electron chi connectivity index (χ4n) is 2.07. The lowest BCUT2D eigenvalue weighted by Gasteiger charge is -2.23. The van der Waals surface area contributed by atoms with Gasteiger partial charge >= 0.3 is 0 Å². The molecule has 2 heteroatoms. The van der Waals surface area contributed by atoms with E-state index < -0.39 is 0 Å². The highest BCUT2D eigenvalue weighted by Crippen LogP contribution is 2.29. The third kappa shape index (κ3) is 2.08. The maximum Gasteiger partial charge on any atom is 0.0960 e. The van der Waals surface area contributed by atoms with Gasteiger partial charge in [-0.15, -0.1) is 0 Å². The molecule has 2 nitrogen and oxygen atoms in total. The first-order valence-electron chi connectivity index (χ1n) is 6.43. The van der Waals surface area contributed by atoms with Gasteiger partial charge in [0, 0.05) is 6.04 Å². The van der Waals surface area contributed by atoms with E-state index in [0.29, 0.717) is 6.04 Å². The van der Waals surface area contributed by atoms with E-state index in [2.05, 4.69) is 62.4 Å². The highest BCUT2D eigenvalue weighted by Gasteiger charge is 2.19. The van der Waals surface area contributed by atoms with Crippen LogP contribution in [0, 0.1) is 0 Å². The highest BCUT2D eigenvalue weighted by atomic mass is 15.1. The summed E-state index contributed by atoms with van der Waals surface area (Å²) in [5.41, 5.74) is 3.95. The second kappa shape index (κ2) is 4.17. The van der Waals surface area contributed by atoms with E-state index in [1.165, 1.54) is 11.1 Å². The Hall–Kier alpha value is -1.31. The second-order valence-corrected chi connectivity index (χ2v) is 5.69. The number of nitrogens with zero attached hydrogens (tertiary/aromatic N) is 2. The van der Waals surface area contributed by atoms with Crippen LogP contribution in [0.2, 0.25) is 0 Å². The number of benzene rings is 1. The lowest BCUT2D eigenvalue weighted by Crippen LogP contribution is -2.15. The largest absolute Gasteiger partial charge is 0.328 e. The molecule has 0 saturated carbocycles. The van der Waals surface area contributed by atoms with Crippen LogP contribution in [0.5, 0.6) is 0 Å². The molecule has 0 unspecified atom stereocenters. The number of aromatic nitrogens is 2. The van der Waals surface area contributed by atoms with Gasteiger partial charge < -0.3 is 4.57 Å². The van der Waals surface area contributed by atoms with Gasteiger partial charge in [-0.25, -0.2) is 4.98 Å². The van der Waals surface area contributed by atoms with Crippen LogP contribution in [-0.2, 0) is 5.41 Å². The maximum atomic E-state index is 4.51. The van der Waals surface area contributed by atoms with Crippen molar-refractivity contribution < 1.29 is 0 Å². The number of imidazole rings is 1. The summed E-state index contributed by atoms with van der Waals surface area (Å²) in [6.45, 7) is 11.2. The first-order valence-corrected chi connectivity index (χ1v) is 6.43. The standard InChI is InChI=1S/C15H22N2/c1-6-15(4,5)12-7-8-14-13(9-12)16-10-17(14)11(2)3/h7-11H,6H2,1-5H3. The Labute approximate surface area is 104 Å². The monoisotopic (exact) mass is 230 g/mol. The Balaban J connectivity index is 2.53. The van der Waals surface area contributed by atoms with Crippen LogP contribution in [0.4, 0.5) is 0 Å². The molecule has 0 bridgehead atoms. The van der Waals surface area contributed by atoms with E-state index in [1.54, 1.807) is 0 Å². The molecular weight excluding hydrogens is 208 g/mol. The third-order valence-corrected chi connectivity index (χ3v) is 3.80. The summed E-state index contributed by atoms with van der Waals surface area (Å²) in [7, 11) is 0. The van der Waals surface area contributed by atoms with Crippen LogP contribution < -0.4 is 0 Å². The number of hydrogen-bond acceptors (Lipinski definition) is 1. The van der Waals surface area contributed by atoms with Gasteiger partial charge in [0.2, 0.25) is 0 Å². The summed E-state index contributed by atoms with van der Waals surface area (Å²) in [5.74, 6) is 0. The van der Waals surface area contributed by atoms with Crippen molar-refractivity contribution in [3.8, 4) is 0 Å². The van der Waals surface area contributed by atoms with Gasteiger partial charge in [0.15, 0.2) is 0 Å². The molecule has 0 aliphatic carbocycles. The molecule has 92 valence electrons. The van der Waals surface area contributed by atoms with E-state index in [1.807, 2.05) is 6.33 Å². The van der Waals surface area contributed by atoms with Crippen molar-refractivity contribution in [2.45, 2.75) is 52.5 Å². The minimum Gasteiger partial charge on any atom is -0.328 e. The maximum absolute atomic E-state index is 4.51. The quantitative estimate of drug-likeness (QED) is 0.768. The zero-order valence-electron chi connectivity index (χ0n) is 11.5. The molecule has 1 aromatic carbocycles. The summed E-state index contributed by atoms with van der Waals surface area (Å²) in [6, 6.07) is 7.14. The Kier molecular flexibility index (Phi) is 2.98. The van der Waals surface area contributed by atoms with E-state index >= 15 is 0 Å². The van der Waals surface area contributed by atoms with Gasteiger partial charge in [0.1, 0.15) is 0 Å². The van der Waals surface area contributed by atoms with Crippen molar-refractivity contribution in [3.63, 3.8) is 0 Å². The molecule has 0 atom stereocenters. The van der Waals surface area contributed by atoms with Gasteiger partial charge in [-0.05, 0) is 43.4 Å². The van der Waals surface area contributed by atoms with Crippen LogP contribution in [-0.4, -0.2) is 9.55 Å². The fourth-order valence-corrected chi connectivity index (χ4v) is 2.07. The molecule has 0 spiro atoms. The van der Waals surface area contributed by atoms with Crippen molar-refractivity contribution in [2.24, 2.45) is 0 Å². The van der Waals surface area contributed by atoms with Gasteiger partial charge in [0.25, 0.3) is 0 Å². The molecule has 17 heavy (non-hydrogen) atoms. The molecule has 0 fully saturated rings. The number of hydrogen-bond donors (Lipinski definition) is 0. The first kappa shape index (κ1) is 12.2. The zero-order chi connectivity index (χ0) is 12.6. The summed E-state index contributed by atoms with van der Waals surface area (Å²) < 4.78 is 2.22. The predicted octanol–water partition coefficient (Wildman–Crippen LogP) is 4.30. The lowest BCUT2D eigenvalue weighted by molar-refractivity contribution is 0.507. The summed E-state index contributed by atoms with van der Waals surface area (Å²) in [5, 5.41) is 0. The predicted molar refractivity (Wildman–Crippen MR) is 73.4 cm³/mol. The van der Waals surface area contributed by atoms with Gasteiger partial charge in [-0.2, -0.15) is 0 Å². The highest BCUT2D eigenvalue weighted by molar-refractivity contribution is 5.76. The van der Waals surface area contributed by atoms with E-state index in [-0.39, 0.29) is 5.41 Å². The Bertz CT molecular complexity index is 521. The Morgan fingerprint density at radius 1 is 1.29 bits per heavy atom. The lowest BCUT2D eigenvalue weighted by atomic mass is 9.82. The molecule has 1 aromatic heterocycles. The van der Waals surface area contributed by atoms with Crippen LogP contribution in [0.3, 0.4) is 0 Å².